The number of carbonyl (C=O) groups is 3. The Morgan fingerprint density at radius 3 is 2.56 bits per heavy atom. The molecule has 16 heteroatoms. The molecule has 0 saturated carbocycles. The molecule has 386 valence electrons. The molecule has 7 heterocycles. The number of aromatic nitrogens is 3. The van der Waals surface area contributed by atoms with Gasteiger partial charge in [0.15, 0.2) is 0 Å². The molecule has 9 rings (SSSR count). The van der Waals surface area contributed by atoms with Gasteiger partial charge in [-0.15, -0.1) is 11.3 Å². The van der Waals surface area contributed by atoms with E-state index in [1.807, 2.05) is 38.5 Å². The zero-order valence-electron chi connectivity index (χ0n) is 43.8. The number of benzene rings is 2. The van der Waals surface area contributed by atoms with Gasteiger partial charge in [0.05, 0.1) is 58.8 Å². The number of hydrogen-bond acceptors (Lipinski definition) is 13. The number of pyridine rings is 1. The minimum absolute atomic E-state index is 0.0705. The highest BCUT2D eigenvalue weighted by atomic mass is 32.1. The van der Waals surface area contributed by atoms with Gasteiger partial charge in [-0.05, 0) is 88.9 Å². The van der Waals surface area contributed by atoms with Crippen molar-refractivity contribution in [3.8, 4) is 22.5 Å². The van der Waals surface area contributed by atoms with Crippen molar-refractivity contribution in [2.75, 3.05) is 78.6 Å². The monoisotopic (exact) mass is 1000 g/mol. The van der Waals surface area contributed by atoms with Gasteiger partial charge in [0.25, 0.3) is 5.91 Å². The van der Waals surface area contributed by atoms with Gasteiger partial charge in [-0.3, -0.25) is 29.3 Å². The van der Waals surface area contributed by atoms with Gasteiger partial charge in [-0.25, -0.2) is 10.4 Å². The van der Waals surface area contributed by atoms with Crippen LogP contribution in [-0.2, 0) is 48.0 Å². The molecule has 5 aromatic rings. The van der Waals surface area contributed by atoms with E-state index in [0.717, 1.165) is 88.0 Å². The number of likely N-dealkylation sites (N-methyl/N-ethyl adjacent to an activating group) is 2. The number of ether oxygens (including phenoxy) is 3. The van der Waals surface area contributed by atoms with Gasteiger partial charge in [0.1, 0.15) is 12.1 Å². The first-order valence-electron chi connectivity index (χ1n) is 26.1. The number of cyclic esters (lactones) is 1. The first kappa shape index (κ1) is 51.7. The summed E-state index contributed by atoms with van der Waals surface area (Å²) in [5.74, 6) is -0.812. The molecule has 0 spiro atoms. The van der Waals surface area contributed by atoms with E-state index in [2.05, 4.69) is 113 Å². The van der Waals surface area contributed by atoms with Crippen molar-refractivity contribution in [2.45, 2.75) is 116 Å². The van der Waals surface area contributed by atoms with Crippen LogP contribution in [0.15, 0.2) is 66.2 Å². The van der Waals surface area contributed by atoms with E-state index >= 15 is 0 Å². The first-order chi connectivity index (χ1) is 34.6. The number of esters is 1. The van der Waals surface area contributed by atoms with Crippen LogP contribution >= 0.6 is 11.3 Å². The summed E-state index contributed by atoms with van der Waals surface area (Å²) >= 11 is 1.48. The Balaban J connectivity index is 1.09. The summed E-state index contributed by atoms with van der Waals surface area (Å²) in [6, 6.07) is 17.1. The normalized spacial score (nSPS) is 23.1. The maximum Gasteiger partial charge on any atom is 0.324 e. The third-order valence-electron chi connectivity index (χ3n) is 15.4. The van der Waals surface area contributed by atoms with E-state index in [1.165, 1.54) is 21.9 Å². The zero-order chi connectivity index (χ0) is 50.8. The van der Waals surface area contributed by atoms with Crippen LogP contribution in [0.3, 0.4) is 0 Å². The molecule has 3 fully saturated rings. The van der Waals surface area contributed by atoms with Crippen LogP contribution in [-0.4, -0.2) is 145 Å². The average molecular weight is 1000 g/mol. The predicted molar refractivity (Wildman–Crippen MR) is 284 cm³/mol. The van der Waals surface area contributed by atoms with Crippen molar-refractivity contribution in [1.82, 2.24) is 40.1 Å². The second-order valence-corrected chi connectivity index (χ2v) is 22.5. The largest absolute Gasteiger partial charge is 0.464 e. The standard InChI is InChI=1S/C56H75N9O6S/c1-10-64-47-19-18-38-27-41(47)43(52(64)42-28-39(31-57-50(42)36(4)69-9)63-24-22-61(7)23-25-63)30-56(5,6)34-71-55(68)44-17-14-21-65(60-44)54(67)45(29-49-58-46(38)33-72-49)59-53(66)51(35(2)3)62(8)32-48-40(20-26-70-48)37-15-12-11-13-16-37/h11-13,15-16,18-19,27-28,31,33,35-36,40,44-45,48,51,60H,10,14,17,20-26,29-30,32,34H2,1-9H3,(H,59,66)/t36-,40?,44-,45-,48-,51-/m0/s1. The van der Waals surface area contributed by atoms with Gasteiger partial charge in [0.2, 0.25) is 5.91 Å². The lowest BCUT2D eigenvalue weighted by Gasteiger charge is -2.37. The molecule has 2 N–H and O–H groups in total. The number of fused-ring (bicyclic) bond motifs is 6. The summed E-state index contributed by atoms with van der Waals surface area (Å²) in [4.78, 5) is 60.8. The van der Waals surface area contributed by atoms with Crippen molar-refractivity contribution >= 4 is 45.7 Å². The van der Waals surface area contributed by atoms with Crippen LogP contribution in [0.1, 0.15) is 94.7 Å². The number of nitrogens with one attached hydrogen (secondary N) is 2. The van der Waals surface area contributed by atoms with Crippen molar-refractivity contribution in [3.63, 3.8) is 0 Å². The highest BCUT2D eigenvalue weighted by molar-refractivity contribution is 7.10. The lowest BCUT2D eigenvalue weighted by atomic mass is 9.84. The van der Waals surface area contributed by atoms with Crippen LogP contribution in [0.2, 0.25) is 0 Å². The first-order valence-corrected chi connectivity index (χ1v) is 27.0. The molecule has 0 aliphatic carbocycles. The topological polar surface area (TPSA) is 147 Å². The van der Waals surface area contributed by atoms with E-state index in [9.17, 15) is 14.4 Å². The summed E-state index contributed by atoms with van der Waals surface area (Å²) in [6.07, 6.45) is 4.44. The number of methoxy groups -OCH3 is 1. The fourth-order valence-electron chi connectivity index (χ4n) is 11.4. The van der Waals surface area contributed by atoms with Gasteiger partial charge < -0.3 is 33.9 Å². The summed E-state index contributed by atoms with van der Waals surface area (Å²) < 4.78 is 20.9. The third-order valence-corrected chi connectivity index (χ3v) is 16.2. The fourth-order valence-corrected chi connectivity index (χ4v) is 12.3. The number of rotatable bonds is 12. The van der Waals surface area contributed by atoms with Crippen molar-refractivity contribution in [1.29, 1.82) is 0 Å². The Morgan fingerprint density at radius 2 is 1.82 bits per heavy atom. The highest BCUT2D eigenvalue weighted by Gasteiger charge is 2.39. The van der Waals surface area contributed by atoms with Crippen molar-refractivity contribution < 1.29 is 28.6 Å². The predicted octanol–water partition coefficient (Wildman–Crippen LogP) is 7.48. The molecule has 2 amide bonds. The van der Waals surface area contributed by atoms with Crippen LogP contribution in [0.25, 0.3) is 33.4 Å². The minimum Gasteiger partial charge on any atom is -0.464 e. The maximum absolute atomic E-state index is 14.8. The Morgan fingerprint density at radius 1 is 1.04 bits per heavy atom. The molecule has 0 radical (unpaired) electrons. The Hall–Kier alpha value is -5.23. The van der Waals surface area contributed by atoms with Crippen LogP contribution in [0, 0.1) is 11.3 Å². The summed E-state index contributed by atoms with van der Waals surface area (Å²) in [5, 5.41) is 8.58. The van der Waals surface area contributed by atoms with Gasteiger partial charge >= 0.3 is 5.97 Å². The summed E-state index contributed by atoms with van der Waals surface area (Å²) in [7, 11) is 5.87. The molecule has 2 aromatic carbocycles. The Labute approximate surface area is 429 Å². The van der Waals surface area contributed by atoms with Crippen molar-refractivity contribution in [2.24, 2.45) is 11.3 Å². The number of carbonyl (C=O) groups excluding carboxylic acids is 3. The second-order valence-electron chi connectivity index (χ2n) is 21.6. The molecule has 3 aromatic heterocycles. The molecule has 4 aliphatic heterocycles. The van der Waals surface area contributed by atoms with Gasteiger partial charge in [-0.2, -0.15) is 0 Å². The zero-order valence-corrected chi connectivity index (χ0v) is 44.6. The quantitative estimate of drug-likeness (QED) is 0.120. The number of nitrogens with zero attached hydrogens (tertiary/aromatic N) is 7. The minimum atomic E-state index is -0.958. The molecule has 6 bridgehead atoms. The summed E-state index contributed by atoms with van der Waals surface area (Å²) in [5.41, 5.74) is 12.0. The van der Waals surface area contributed by atoms with Crippen molar-refractivity contribution in [3.05, 3.63) is 88.0 Å². The average Bonchev–Trinajstić information content (AvgIpc) is 4.12. The van der Waals surface area contributed by atoms with E-state index in [0.29, 0.717) is 45.5 Å². The van der Waals surface area contributed by atoms with E-state index in [-0.39, 0.29) is 48.9 Å². The van der Waals surface area contributed by atoms with Crippen LogP contribution in [0.4, 0.5) is 5.69 Å². The van der Waals surface area contributed by atoms with Gasteiger partial charge in [0, 0.05) is 105 Å². The molecule has 3 saturated heterocycles. The smallest absolute Gasteiger partial charge is 0.324 e. The second kappa shape index (κ2) is 22.1. The highest BCUT2D eigenvalue weighted by Crippen LogP contribution is 2.43. The third kappa shape index (κ3) is 11.0. The van der Waals surface area contributed by atoms with Crippen LogP contribution < -0.4 is 15.6 Å². The number of hydrazine groups is 1. The molecule has 4 aliphatic rings. The van der Waals surface area contributed by atoms with Gasteiger partial charge in [-0.1, -0.05) is 64.1 Å². The van der Waals surface area contributed by atoms with E-state index < -0.39 is 29.5 Å². The number of aryl methyl sites for hydroxylation is 1. The number of anilines is 1. The van der Waals surface area contributed by atoms with E-state index in [1.54, 1.807) is 7.11 Å². The van der Waals surface area contributed by atoms with Crippen LogP contribution in [0.5, 0.6) is 0 Å². The molecule has 1 unspecified atom stereocenters. The lowest BCUT2D eigenvalue weighted by Crippen LogP contribution is -2.62. The molecule has 15 nitrogen and oxygen atoms in total. The fraction of sp³-hybridized carbons (Fsp3) is 0.554. The maximum atomic E-state index is 14.8. The number of hydrogen-bond donors (Lipinski definition) is 2. The molecular weight excluding hydrogens is 927 g/mol. The molecular formula is C56H75N9O6S. The Bertz CT molecular complexity index is 2710. The number of piperazine rings is 1. The lowest BCUT2D eigenvalue weighted by molar-refractivity contribution is -0.155. The molecule has 72 heavy (non-hydrogen) atoms. The molecule has 6 atom stereocenters. The Kier molecular flexibility index (Phi) is 15.8. The number of amides is 2. The summed E-state index contributed by atoms with van der Waals surface area (Å²) in [6.45, 7) is 18.8. The van der Waals surface area contributed by atoms with E-state index in [4.69, 9.17) is 24.2 Å². The number of thiazole rings is 1. The SMILES string of the molecule is CCn1c(-c2cc(N3CCN(C)CC3)cnc2[C@H](C)OC)c2c3cc(ccc31)-c1csc(n1)C[C@H](NC(=O)[C@H](C(C)C)N(C)C[C@@H]1OCCC1c1ccccc1)C(=O)N1CCC[C@H](N1)C(=O)OCC(C)(C)C2.